The average Bonchev–Trinajstić information content (AvgIpc) is 3.29. The molecule has 38 heavy (non-hydrogen) atoms. The number of hydrogen-bond donors (Lipinski definition) is 3. The second-order valence-electron chi connectivity index (χ2n) is 8.93. The molecular formula is C24H21ClF3N5O5. The molecule has 0 radical (unpaired) electrons. The smallest absolute Gasteiger partial charge is 0.372 e. The van der Waals surface area contributed by atoms with E-state index in [4.69, 9.17) is 16.3 Å². The summed E-state index contributed by atoms with van der Waals surface area (Å²) >= 11 is 6.16. The van der Waals surface area contributed by atoms with Crippen molar-refractivity contribution in [1.29, 1.82) is 0 Å². The van der Waals surface area contributed by atoms with Crippen molar-refractivity contribution >= 4 is 11.6 Å². The Morgan fingerprint density at radius 3 is 2.34 bits per heavy atom. The number of aromatic nitrogens is 5. The van der Waals surface area contributed by atoms with E-state index in [1.54, 1.807) is 0 Å². The van der Waals surface area contributed by atoms with Crippen molar-refractivity contribution in [2.45, 2.75) is 39.3 Å². The molecule has 0 aliphatic heterocycles. The van der Waals surface area contributed by atoms with Crippen molar-refractivity contribution in [2.75, 3.05) is 0 Å². The second-order valence-corrected chi connectivity index (χ2v) is 9.31. The fourth-order valence-electron chi connectivity index (χ4n) is 3.65. The van der Waals surface area contributed by atoms with Gasteiger partial charge in [-0.05, 0) is 39.3 Å². The van der Waals surface area contributed by atoms with Gasteiger partial charge in [0.2, 0.25) is 0 Å². The highest BCUT2D eigenvalue weighted by Crippen LogP contribution is 2.31. The van der Waals surface area contributed by atoms with Gasteiger partial charge in [0.1, 0.15) is 16.4 Å². The normalized spacial score (nSPS) is 12.2. The summed E-state index contributed by atoms with van der Waals surface area (Å²) in [7, 11) is 0. The van der Waals surface area contributed by atoms with Gasteiger partial charge in [0, 0.05) is 30.2 Å². The Bertz CT molecular complexity index is 1610. The second kappa shape index (κ2) is 9.51. The van der Waals surface area contributed by atoms with Gasteiger partial charge in [0.25, 0.3) is 5.56 Å². The van der Waals surface area contributed by atoms with E-state index in [1.165, 1.54) is 46.2 Å². The number of hydrogen-bond acceptors (Lipinski definition) is 8. The molecule has 10 nitrogen and oxygen atoms in total. The molecule has 4 heterocycles. The van der Waals surface area contributed by atoms with Crippen LogP contribution in [0.1, 0.15) is 36.5 Å². The van der Waals surface area contributed by atoms with Crippen LogP contribution in [0.5, 0.6) is 5.75 Å². The Morgan fingerprint density at radius 2 is 1.74 bits per heavy atom. The molecule has 0 aromatic carbocycles. The van der Waals surface area contributed by atoms with E-state index in [-0.39, 0.29) is 28.5 Å². The van der Waals surface area contributed by atoms with Gasteiger partial charge in [-0.2, -0.15) is 5.10 Å². The van der Waals surface area contributed by atoms with Crippen molar-refractivity contribution in [3.05, 3.63) is 92.3 Å². The minimum atomic E-state index is -3.43. The molecule has 0 unspecified atom stereocenters. The Morgan fingerprint density at radius 1 is 1.05 bits per heavy atom. The van der Waals surface area contributed by atoms with Gasteiger partial charge in [-0.25, -0.2) is 27.8 Å². The first-order valence-electron chi connectivity index (χ1n) is 10.9. The van der Waals surface area contributed by atoms with Crippen LogP contribution in [0.4, 0.5) is 13.2 Å². The van der Waals surface area contributed by atoms with Gasteiger partial charge >= 0.3 is 5.97 Å². The molecule has 4 aromatic heterocycles. The van der Waals surface area contributed by atoms with E-state index in [9.17, 15) is 28.9 Å². The van der Waals surface area contributed by atoms with E-state index in [0.717, 1.165) is 15.3 Å². The first kappa shape index (κ1) is 27.3. The summed E-state index contributed by atoms with van der Waals surface area (Å²) in [5.74, 6) is -7.73. The molecule has 0 saturated carbocycles. The largest absolute Gasteiger partial charge is 0.433 e. The van der Waals surface area contributed by atoms with Crippen molar-refractivity contribution in [1.82, 2.24) is 24.3 Å². The maximum atomic E-state index is 15.8. The summed E-state index contributed by atoms with van der Waals surface area (Å²) in [5, 5.41) is 34.1. The summed E-state index contributed by atoms with van der Waals surface area (Å²) in [6.45, 7) is 5.90. The average molecular weight is 552 g/mol. The molecule has 4 aromatic rings. The zero-order valence-corrected chi connectivity index (χ0v) is 21.1. The highest BCUT2D eigenvalue weighted by atomic mass is 35.5. The summed E-state index contributed by atoms with van der Waals surface area (Å²) < 4.78 is 50.0. The molecule has 0 spiro atoms. The maximum Gasteiger partial charge on any atom is 0.372 e. The van der Waals surface area contributed by atoms with Crippen molar-refractivity contribution < 1.29 is 33.2 Å². The van der Waals surface area contributed by atoms with Crippen molar-refractivity contribution in [3.63, 3.8) is 0 Å². The van der Waals surface area contributed by atoms with E-state index in [0.29, 0.717) is 12.3 Å². The number of pyridine rings is 3. The number of nitrogens with zero attached hydrogens (tertiary/aromatic N) is 5. The quantitative estimate of drug-likeness (QED) is 0.311. The van der Waals surface area contributed by atoms with Crippen LogP contribution in [-0.2, 0) is 11.6 Å². The van der Waals surface area contributed by atoms with Crippen molar-refractivity contribution in [3.8, 4) is 17.3 Å². The van der Waals surface area contributed by atoms with Crippen molar-refractivity contribution in [2.24, 2.45) is 0 Å². The van der Waals surface area contributed by atoms with E-state index < -0.39 is 51.1 Å². The van der Waals surface area contributed by atoms with E-state index in [2.05, 4.69) is 15.1 Å². The summed E-state index contributed by atoms with van der Waals surface area (Å²) in [6, 6.07) is 2.93. The van der Waals surface area contributed by atoms with Crippen LogP contribution >= 0.6 is 11.6 Å². The third-order valence-electron chi connectivity index (χ3n) is 5.48. The fourth-order valence-corrected chi connectivity index (χ4v) is 3.82. The molecule has 0 bridgehead atoms. The lowest BCUT2D eigenvalue weighted by Gasteiger charge is -2.24. The lowest BCUT2D eigenvalue weighted by Crippen LogP contribution is -2.36. The predicted molar refractivity (Wildman–Crippen MR) is 128 cm³/mol. The molecule has 14 heteroatoms. The fraction of sp³-hybridized carbons (Fsp3) is 0.250. The van der Waals surface area contributed by atoms with E-state index >= 15 is 4.39 Å². The van der Waals surface area contributed by atoms with Gasteiger partial charge in [-0.3, -0.25) is 9.36 Å². The van der Waals surface area contributed by atoms with Crippen LogP contribution < -0.4 is 10.3 Å². The highest BCUT2D eigenvalue weighted by Gasteiger charge is 2.36. The molecule has 200 valence electrons. The van der Waals surface area contributed by atoms with Gasteiger partial charge in [-0.15, -0.1) is 0 Å². The standard InChI is InChI=1S/C24H21ClF3N5O5/c1-11-9-30-21(32-6-5-16(31-32)23(3,4)35)18(28)19(11)33-12(2)7-15(17(25)22(33)34)38-24(36,37)20-14(27)8-13(26)10-29-20/h5-10,35-37H,1-4H3. The molecule has 0 aliphatic rings. The first-order chi connectivity index (χ1) is 17.6. The summed E-state index contributed by atoms with van der Waals surface area (Å²) in [5.41, 5.74) is -3.09. The first-order valence-corrected chi connectivity index (χ1v) is 11.3. The number of ether oxygens (including phenoxy) is 1. The summed E-state index contributed by atoms with van der Waals surface area (Å²) in [4.78, 5) is 20.6. The number of aliphatic hydroxyl groups is 3. The number of halogens is 4. The maximum absolute atomic E-state index is 15.8. The zero-order chi connectivity index (χ0) is 28.2. The van der Waals surface area contributed by atoms with Crippen LogP contribution in [0.2, 0.25) is 5.02 Å². The third kappa shape index (κ3) is 4.88. The lowest BCUT2D eigenvalue weighted by atomic mass is 10.1. The molecule has 4 rings (SSSR count). The number of rotatable bonds is 6. The van der Waals surface area contributed by atoms with Gasteiger partial charge in [0.05, 0.1) is 17.6 Å². The van der Waals surface area contributed by atoms with Gasteiger partial charge in [-0.1, -0.05) is 11.6 Å². The van der Waals surface area contributed by atoms with Gasteiger partial charge < -0.3 is 20.1 Å². The highest BCUT2D eigenvalue weighted by molar-refractivity contribution is 6.31. The van der Waals surface area contributed by atoms with E-state index in [1.807, 2.05) is 0 Å². The molecule has 0 fully saturated rings. The SMILES string of the molecule is Cc1cnc(-n2ccc(C(C)(C)O)n2)c(F)c1-n1c(C)cc(OC(O)(O)c2ncc(F)cc2F)c(Cl)c1=O. The topological polar surface area (TPSA) is 136 Å². The van der Waals surface area contributed by atoms with Crippen LogP contribution in [0.15, 0.2) is 41.6 Å². The molecular weight excluding hydrogens is 531 g/mol. The van der Waals surface area contributed by atoms with Crippen LogP contribution in [-0.4, -0.2) is 39.6 Å². The predicted octanol–water partition coefficient (Wildman–Crippen LogP) is 2.90. The van der Waals surface area contributed by atoms with Gasteiger partial charge in [0.15, 0.2) is 28.9 Å². The minimum Gasteiger partial charge on any atom is -0.433 e. The molecule has 0 aliphatic carbocycles. The molecule has 3 N–H and O–H groups in total. The Hall–Kier alpha value is -3.78. The monoisotopic (exact) mass is 551 g/mol. The summed E-state index contributed by atoms with van der Waals surface area (Å²) in [6.07, 6.45) is 3.23. The Labute approximate surface area is 218 Å². The minimum absolute atomic E-state index is 0.0366. The molecule has 0 amide bonds. The molecule has 0 saturated heterocycles. The molecule has 0 atom stereocenters. The number of aryl methyl sites for hydroxylation is 2. The van der Waals surface area contributed by atoms with Crippen LogP contribution in [0, 0.1) is 31.3 Å². The zero-order valence-electron chi connectivity index (χ0n) is 20.4. The lowest BCUT2D eigenvalue weighted by molar-refractivity contribution is -0.308. The van der Waals surface area contributed by atoms with Crippen LogP contribution in [0.25, 0.3) is 11.5 Å². The Kier molecular flexibility index (Phi) is 6.82. The third-order valence-corrected chi connectivity index (χ3v) is 5.83. The Balaban J connectivity index is 1.81. The van der Waals surface area contributed by atoms with Crippen LogP contribution in [0.3, 0.4) is 0 Å².